The number of benzene rings is 2. The lowest BCUT2D eigenvalue weighted by Gasteiger charge is -1.99. The molecule has 0 atom stereocenters. The molecule has 0 spiro atoms. The Kier molecular flexibility index (Phi) is 5.83. The monoisotopic (exact) mass is 344 g/mol. The average molecular weight is 344 g/mol. The summed E-state index contributed by atoms with van der Waals surface area (Å²) < 4.78 is 11.9. The molecular weight excluding hydrogens is 332 g/mol. The Hall–Kier alpha value is -2.97. The molecule has 0 aliphatic carbocycles. The molecule has 0 N–H and O–H groups in total. The van der Waals surface area contributed by atoms with Crippen molar-refractivity contribution in [1.82, 2.24) is 0 Å². The van der Waals surface area contributed by atoms with Crippen molar-refractivity contribution >= 4 is 34.7 Å². The van der Waals surface area contributed by atoms with Gasteiger partial charge in [0, 0.05) is 35.4 Å². The van der Waals surface area contributed by atoms with Crippen molar-refractivity contribution in [2.24, 2.45) is 0 Å². The van der Waals surface area contributed by atoms with Crippen LogP contribution in [0.15, 0.2) is 59.3 Å². The molecule has 0 amide bonds. The smallest absolute Gasteiger partial charge is 0.269 e. The summed E-state index contributed by atoms with van der Waals surface area (Å²) >= 11 is -1.38. The normalized spacial score (nSPS) is 12.5. The number of nitro groups is 2. The number of nitro benzene ring substituents is 2. The number of hydrogen-bond donors (Lipinski definition) is 0. The summed E-state index contributed by atoms with van der Waals surface area (Å²) in [5.74, 6) is 0. The van der Waals surface area contributed by atoms with Crippen molar-refractivity contribution in [2.45, 2.75) is 0 Å². The van der Waals surface area contributed by atoms with Gasteiger partial charge in [-0.2, -0.15) is 0 Å². The van der Waals surface area contributed by atoms with Crippen molar-refractivity contribution in [3.05, 3.63) is 90.7 Å². The van der Waals surface area contributed by atoms with Crippen molar-refractivity contribution < 1.29 is 14.4 Å². The Morgan fingerprint density at radius 2 is 1.04 bits per heavy atom. The Bertz CT molecular complexity index is 718. The van der Waals surface area contributed by atoms with E-state index in [1.807, 2.05) is 0 Å². The van der Waals surface area contributed by atoms with Gasteiger partial charge < -0.3 is 4.55 Å². The lowest BCUT2D eigenvalue weighted by molar-refractivity contribution is -0.385. The van der Waals surface area contributed by atoms with Crippen LogP contribution in [-0.2, 0) is 11.2 Å². The predicted molar refractivity (Wildman–Crippen MR) is 92.4 cm³/mol. The van der Waals surface area contributed by atoms with Gasteiger partial charge in [-0.25, -0.2) is 0 Å². The van der Waals surface area contributed by atoms with E-state index in [9.17, 15) is 24.8 Å². The lowest BCUT2D eigenvalue weighted by Crippen LogP contribution is -1.89. The third-order valence-corrected chi connectivity index (χ3v) is 3.81. The topological polar surface area (TPSA) is 109 Å². The molecule has 0 bridgehead atoms. The largest absolute Gasteiger partial charge is 0.607 e. The van der Waals surface area contributed by atoms with Crippen molar-refractivity contribution in [3.8, 4) is 0 Å². The summed E-state index contributed by atoms with van der Waals surface area (Å²) in [6.07, 6.45) is 3.19. The molecule has 8 heteroatoms. The summed E-state index contributed by atoms with van der Waals surface area (Å²) in [6, 6.07) is 11.7. The fourth-order valence-corrected chi connectivity index (χ4v) is 2.42. The second kappa shape index (κ2) is 8.04. The highest BCUT2D eigenvalue weighted by Gasteiger charge is 2.04. The van der Waals surface area contributed by atoms with E-state index in [-0.39, 0.29) is 11.4 Å². The van der Waals surface area contributed by atoms with E-state index in [0.717, 1.165) is 0 Å². The molecule has 2 aromatic rings. The predicted octanol–water partition coefficient (Wildman–Crippen LogP) is 3.89. The Morgan fingerprint density at radius 1 is 0.708 bits per heavy atom. The van der Waals surface area contributed by atoms with Crippen LogP contribution < -0.4 is 0 Å². The Balaban J connectivity index is 1.97. The van der Waals surface area contributed by atoms with E-state index in [2.05, 4.69) is 0 Å². The quantitative estimate of drug-likeness (QED) is 0.448. The van der Waals surface area contributed by atoms with Crippen LogP contribution >= 0.6 is 0 Å². The zero-order valence-corrected chi connectivity index (χ0v) is 13.1. The zero-order valence-electron chi connectivity index (χ0n) is 12.3. The van der Waals surface area contributed by atoms with E-state index in [4.69, 9.17) is 0 Å². The second-order valence-electron chi connectivity index (χ2n) is 4.63. The summed E-state index contributed by atoms with van der Waals surface area (Å²) in [6.45, 7) is 0. The van der Waals surface area contributed by atoms with Crippen molar-refractivity contribution in [2.75, 3.05) is 0 Å². The van der Waals surface area contributed by atoms with Crippen LogP contribution in [0.1, 0.15) is 11.1 Å². The van der Waals surface area contributed by atoms with Crippen LogP contribution in [0, 0.1) is 20.2 Å². The minimum absolute atomic E-state index is 0.00802. The zero-order chi connectivity index (χ0) is 17.5. The van der Waals surface area contributed by atoms with Crippen LogP contribution in [0.2, 0.25) is 0 Å². The summed E-state index contributed by atoms with van der Waals surface area (Å²) in [7, 11) is 0. The van der Waals surface area contributed by atoms with E-state index in [0.29, 0.717) is 11.1 Å². The van der Waals surface area contributed by atoms with Crippen LogP contribution in [0.3, 0.4) is 0 Å². The molecule has 0 saturated heterocycles. The van der Waals surface area contributed by atoms with E-state index < -0.39 is 21.0 Å². The minimum Gasteiger partial charge on any atom is -0.607 e. The fourth-order valence-electron chi connectivity index (χ4n) is 1.75. The van der Waals surface area contributed by atoms with E-state index >= 15 is 0 Å². The molecule has 2 aromatic carbocycles. The Morgan fingerprint density at radius 3 is 1.33 bits per heavy atom. The molecule has 122 valence electrons. The highest BCUT2D eigenvalue weighted by Crippen LogP contribution is 2.15. The molecule has 0 aliphatic rings. The Labute approximate surface area is 140 Å². The van der Waals surface area contributed by atoms with Crippen molar-refractivity contribution in [1.29, 1.82) is 0 Å². The van der Waals surface area contributed by atoms with Crippen LogP contribution in [0.25, 0.3) is 12.2 Å². The first-order valence-corrected chi connectivity index (χ1v) is 7.98. The van der Waals surface area contributed by atoms with Gasteiger partial charge in [-0.15, -0.1) is 0 Å². The maximum Gasteiger partial charge on any atom is 0.269 e. The maximum atomic E-state index is 11.9. The van der Waals surface area contributed by atoms with Gasteiger partial charge in [-0.05, 0) is 47.5 Å². The summed E-state index contributed by atoms with van der Waals surface area (Å²) in [5.41, 5.74) is 1.37. The molecule has 0 unspecified atom stereocenters. The highest BCUT2D eigenvalue weighted by molar-refractivity contribution is 7.97. The van der Waals surface area contributed by atoms with Gasteiger partial charge in [0.1, 0.15) is 10.8 Å². The van der Waals surface area contributed by atoms with Gasteiger partial charge in [-0.1, -0.05) is 0 Å². The van der Waals surface area contributed by atoms with Gasteiger partial charge in [0.15, 0.2) is 0 Å². The van der Waals surface area contributed by atoms with Crippen LogP contribution in [0.5, 0.6) is 0 Å². The second-order valence-corrected chi connectivity index (χ2v) is 5.83. The molecule has 24 heavy (non-hydrogen) atoms. The van der Waals surface area contributed by atoms with Crippen LogP contribution in [-0.4, -0.2) is 14.4 Å². The minimum atomic E-state index is -1.38. The number of nitrogens with zero attached hydrogens (tertiary/aromatic N) is 2. The lowest BCUT2D eigenvalue weighted by atomic mass is 10.2. The molecular formula is C16H12N2O5S. The highest BCUT2D eigenvalue weighted by atomic mass is 32.2. The molecule has 0 saturated carbocycles. The number of non-ortho nitro benzene ring substituents is 2. The van der Waals surface area contributed by atoms with Gasteiger partial charge in [0.05, 0.1) is 9.85 Å². The van der Waals surface area contributed by atoms with Gasteiger partial charge >= 0.3 is 0 Å². The molecule has 7 nitrogen and oxygen atoms in total. The first-order chi connectivity index (χ1) is 11.5. The number of rotatable bonds is 6. The van der Waals surface area contributed by atoms with E-state index in [1.54, 1.807) is 36.4 Å². The molecule has 0 radical (unpaired) electrons. The molecule has 0 heterocycles. The van der Waals surface area contributed by atoms with E-state index in [1.165, 1.54) is 35.1 Å². The molecule has 0 aromatic heterocycles. The third-order valence-electron chi connectivity index (χ3n) is 3.00. The summed E-state index contributed by atoms with van der Waals surface area (Å²) in [4.78, 5) is 20.1. The first-order valence-electron chi connectivity index (χ1n) is 6.70. The van der Waals surface area contributed by atoms with Crippen molar-refractivity contribution in [3.63, 3.8) is 0 Å². The third kappa shape index (κ3) is 5.04. The first kappa shape index (κ1) is 17.4. The van der Waals surface area contributed by atoms with Gasteiger partial charge in [0.2, 0.25) is 0 Å². The SMILES string of the molecule is O=[N+]([O-])c1ccc(C=C[S+]([O-])C=Cc2ccc([N+](=O)[O-])cc2)cc1. The van der Waals surface area contributed by atoms with Gasteiger partial charge in [0.25, 0.3) is 11.4 Å². The van der Waals surface area contributed by atoms with Gasteiger partial charge in [-0.3, -0.25) is 20.2 Å². The number of hydrogen-bond acceptors (Lipinski definition) is 5. The summed E-state index contributed by atoms with van der Waals surface area (Å²) in [5, 5.41) is 24.0. The molecule has 0 fully saturated rings. The average Bonchev–Trinajstić information content (AvgIpc) is 2.58. The van der Waals surface area contributed by atoms with Crippen LogP contribution in [0.4, 0.5) is 11.4 Å². The molecule has 2 rings (SSSR count). The maximum absolute atomic E-state index is 11.9. The molecule has 0 aliphatic heterocycles. The fraction of sp³-hybridized carbons (Fsp3) is 0. The standard InChI is InChI=1S/C16H12N2O5S/c19-17(20)15-5-1-13(2-6-15)9-11-24(23)12-10-14-3-7-16(8-4-14)18(21)22/h1-12H.